The first-order valence-corrected chi connectivity index (χ1v) is 5.49. The fraction of sp³-hybridized carbons (Fsp3) is 0.400. The number of rotatable bonds is 4. The molecule has 0 amide bonds. The van der Waals surface area contributed by atoms with Crippen LogP contribution in [0.15, 0.2) is 6.07 Å². The van der Waals surface area contributed by atoms with Crippen LogP contribution in [0.5, 0.6) is 0 Å². The Morgan fingerprint density at radius 1 is 1.53 bits per heavy atom. The number of esters is 1. The molecule has 0 aliphatic rings. The van der Waals surface area contributed by atoms with Gasteiger partial charge in [-0.05, 0) is 13.0 Å². The second kappa shape index (κ2) is 6.12. The van der Waals surface area contributed by atoms with Crippen LogP contribution in [0.2, 0.25) is 10.0 Å². The Hall–Kier alpha value is -0.940. The lowest BCUT2D eigenvalue weighted by Gasteiger charge is -2.07. The van der Waals surface area contributed by atoms with Crippen LogP contribution in [0.4, 0.5) is 8.78 Å². The Morgan fingerprint density at radius 2 is 2.18 bits per heavy atom. The zero-order valence-electron chi connectivity index (χ0n) is 8.84. The fourth-order valence-electron chi connectivity index (χ4n) is 1.16. The highest BCUT2D eigenvalue weighted by atomic mass is 35.5. The molecule has 0 saturated carbocycles. The number of pyridine rings is 1. The number of hydrogen-bond acceptors (Lipinski definition) is 3. The third-order valence-corrected chi connectivity index (χ3v) is 2.62. The summed E-state index contributed by atoms with van der Waals surface area (Å²) in [7, 11) is 0. The van der Waals surface area contributed by atoms with Gasteiger partial charge in [-0.2, -0.15) is 0 Å². The molecule has 1 heterocycles. The van der Waals surface area contributed by atoms with Crippen molar-refractivity contribution in [3.05, 3.63) is 27.5 Å². The zero-order chi connectivity index (χ0) is 13.0. The lowest BCUT2D eigenvalue weighted by Crippen LogP contribution is -2.10. The number of nitrogens with zero attached hydrogens (tertiary/aromatic N) is 1. The fourth-order valence-corrected chi connectivity index (χ4v) is 1.57. The zero-order valence-corrected chi connectivity index (χ0v) is 10.4. The van der Waals surface area contributed by atoms with Crippen molar-refractivity contribution >= 4 is 29.2 Å². The second-order valence-corrected chi connectivity index (χ2v) is 3.86. The predicted octanol–water partition coefficient (Wildman–Crippen LogP) is 3.43. The Balaban J connectivity index is 2.98. The Kier molecular flexibility index (Phi) is 5.08. The van der Waals surface area contributed by atoms with E-state index in [1.165, 1.54) is 6.07 Å². The molecule has 94 valence electrons. The summed E-state index contributed by atoms with van der Waals surface area (Å²) in [4.78, 5) is 14.8. The molecule has 0 aliphatic heterocycles. The molecule has 0 bridgehead atoms. The first-order chi connectivity index (χ1) is 7.95. The van der Waals surface area contributed by atoms with Crippen molar-refractivity contribution in [2.75, 3.05) is 6.61 Å². The van der Waals surface area contributed by atoms with Gasteiger partial charge in [-0.3, -0.25) is 4.79 Å². The molecule has 0 N–H and O–H groups in total. The van der Waals surface area contributed by atoms with Crippen molar-refractivity contribution in [3.63, 3.8) is 0 Å². The molecule has 17 heavy (non-hydrogen) atoms. The minimum atomic E-state index is -2.85. The van der Waals surface area contributed by atoms with Gasteiger partial charge in [0.05, 0.1) is 28.8 Å². The number of alkyl halides is 2. The van der Waals surface area contributed by atoms with Crippen LogP contribution < -0.4 is 0 Å². The summed E-state index contributed by atoms with van der Waals surface area (Å²) in [5.41, 5.74) is -0.522. The summed E-state index contributed by atoms with van der Waals surface area (Å²) < 4.78 is 29.8. The van der Waals surface area contributed by atoms with E-state index in [9.17, 15) is 13.6 Å². The third kappa shape index (κ3) is 3.78. The highest BCUT2D eigenvalue weighted by Gasteiger charge is 2.19. The van der Waals surface area contributed by atoms with Crippen LogP contribution in [0.3, 0.4) is 0 Å². The number of hydrogen-bond donors (Lipinski definition) is 0. The lowest BCUT2D eigenvalue weighted by atomic mass is 10.2. The van der Waals surface area contributed by atoms with Crippen LogP contribution in [0, 0.1) is 0 Å². The van der Waals surface area contributed by atoms with E-state index in [1.54, 1.807) is 6.92 Å². The maximum absolute atomic E-state index is 12.6. The smallest absolute Gasteiger partial charge is 0.311 e. The van der Waals surface area contributed by atoms with E-state index in [2.05, 4.69) is 9.72 Å². The van der Waals surface area contributed by atoms with E-state index in [0.29, 0.717) is 0 Å². The maximum atomic E-state index is 12.6. The topological polar surface area (TPSA) is 39.2 Å². The van der Waals surface area contributed by atoms with E-state index in [1.807, 2.05) is 0 Å². The molecule has 0 fully saturated rings. The van der Waals surface area contributed by atoms with Gasteiger partial charge in [0.2, 0.25) is 0 Å². The van der Waals surface area contributed by atoms with E-state index in [0.717, 1.165) is 0 Å². The van der Waals surface area contributed by atoms with Gasteiger partial charge in [0.25, 0.3) is 6.43 Å². The molecule has 0 unspecified atom stereocenters. The normalized spacial score (nSPS) is 10.7. The monoisotopic (exact) mass is 283 g/mol. The molecule has 3 nitrogen and oxygen atoms in total. The minimum absolute atomic E-state index is 0.0590. The molecule has 0 radical (unpaired) electrons. The summed E-state index contributed by atoms with van der Waals surface area (Å²) in [6.07, 6.45) is -3.06. The molecule has 1 aromatic heterocycles. The highest BCUT2D eigenvalue weighted by Crippen LogP contribution is 2.31. The summed E-state index contributed by atoms with van der Waals surface area (Å²) in [5, 5.41) is -0.356. The third-order valence-electron chi connectivity index (χ3n) is 1.83. The maximum Gasteiger partial charge on any atom is 0.311 e. The molecular weight excluding hydrogens is 275 g/mol. The molecule has 7 heteroatoms. The van der Waals surface area contributed by atoms with Crippen LogP contribution >= 0.6 is 23.2 Å². The largest absolute Gasteiger partial charge is 0.466 e. The molecule has 1 aromatic rings. The van der Waals surface area contributed by atoms with E-state index in [-0.39, 0.29) is 28.8 Å². The van der Waals surface area contributed by atoms with Gasteiger partial charge in [-0.1, -0.05) is 23.2 Å². The van der Waals surface area contributed by atoms with Gasteiger partial charge >= 0.3 is 5.97 Å². The number of ether oxygens (including phenoxy) is 1. The van der Waals surface area contributed by atoms with Gasteiger partial charge in [0.1, 0.15) is 5.69 Å². The molecule has 0 aromatic carbocycles. The number of aromatic nitrogens is 1. The van der Waals surface area contributed by atoms with E-state index in [4.69, 9.17) is 23.2 Å². The summed E-state index contributed by atoms with van der Waals surface area (Å²) in [5.74, 6) is -0.557. The summed E-state index contributed by atoms with van der Waals surface area (Å²) in [6.45, 7) is 1.85. The highest BCUT2D eigenvalue weighted by molar-refractivity contribution is 6.42. The van der Waals surface area contributed by atoms with Crippen molar-refractivity contribution < 1.29 is 18.3 Å². The van der Waals surface area contributed by atoms with Crippen LogP contribution in [-0.2, 0) is 16.0 Å². The average molecular weight is 284 g/mol. The molecule has 0 spiro atoms. The molecule has 0 saturated heterocycles. The van der Waals surface area contributed by atoms with Gasteiger partial charge in [0, 0.05) is 0 Å². The predicted molar refractivity (Wildman–Crippen MR) is 59.6 cm³/mol. The van der Waals surface area contributed by atoms with E-state index >= 15 is 0 Å². The van der Waals surface area contributed by atoms with Gasteiger partial charge in [-0.15, -0.1) is 0 Å². The van der Waals surface area contributed by atoms with Crippen molar-refractivity contribution in [1.82, 2.24) is 4.98 Å². The second-order valence-electron chi connectivity index (χ2n) is 3.08. The summed E-state index contributed by atoms with van der Waals surface area (Å²) in [6, 6.07) is 1.27. The van der Waals surface area contributed by atoms with Gasteiger partial charge in [0.15, 0.2) is 0 Å². The Labute approximate surface area is 107 Å². The molecule has 1 rings (SSSR count). The van der Waals surface area contributed by atoms with Crippen LogP contribution in [0.1, 0.15) is 24.7 Å². The minimum Gasteiger partial charge on any atom is -0.466 e. The van der Waals surface area contributed by atoms with Crippen molar-refractivity contribution in [2.45, 2.75) is 19.8 Å². The first-order valence-electron chi connectivity index (χ1n) is 4.74. The van der Waals surface area contributed by atoms with Crippen molar-refractivity contribution in [1.29, 1.82) is 0 Å². The first kappa shape index (κ1) is 14.1. The van der Waals surface area contributed by atoms with E-state index < -0.39 is 18.1 Å². The average Bonchev–Trinajstić information content (AvgIpc) is 2.23. The number of carbonyl (C=O) groups excluding carboxylic acids is 1. The molecule has 0 atom stereocenters. The Morgan fingerprint density at radius 3 is 2.71 bits per heavy atom. The lowest BCUT2D eigenvalue weighted by molar-refractivity contribution is -0.142. The number of halogens is 4. The van der Waals surface area contributed by atoms with Crippen molar-refractivity contribution in [3.8, 4) is 0 Å². The molecule has 0 aliphatic carbocycles. The number of carbonyl (C=O) groups is 1. The van der Waals surface area contributed by atoms with Gasteiger partial charge < -0.3 is 4.74 Å². The standard InChI is InChI=1S/C10H9Cl2F2NO2/c1-2-17-7(16)4-5-3-6(11)8(12)9(15-5)10(13)14/h3,10H,2,4H2,1H3. The van der Waals surface area contributed by atoms with Crippen LogP contribution in [-0.4, -0.2) is 17.6 Å². The van der Waals surface area contributed by atoms with Gasteiger partial charge in [-0.25, -0.2) is 13.8 Å². The van der Waals surface area contributed by atoms with Crippen LogP contribution in [0.25, 0.3) is 0 Å². The Bertz CT molecular complexity index is 427. The SMILES string of the molecule is CCOC(=O)Cc1cc(Cl)c(Cl)c(C(F)F)n1. The quantitative estimate of drug-likeness (QED) is 0.795. The summed E-state index contributed by atoms with van der Waals surface area (Å²) >= 11 is 11.2. The van der Waals surface area contributed by atoms with Crippen molar-refractivity contribution in [2.24, 2.45) is 0 Å². The molecular formula is C10H9Cl2F2NO2.